The average Bonchev–Trinajstić information content (AvgIpc) is 2.53. The maximum Gasteiger partial charge on any atom is 0.0849 e. The van der Waals surface area contributed by atoms with Crippen molar-refractivity contribution >= 4 is 11.6 Å². The zero-order valence-corrected chi connectivity index (χ0v) is 13.1. The SMILES string of the molecule is CCc1nn(C)c(CCCCNC(C)(C)C)c1Cl. The number of nitrogens with zero attached hydrogens (tertiary/aromatic N) is 2. The smallest absolute Gasteiger partial charge is 0.0849 e. The Morgan fingerprint density at radius 2 is 1.94 bits per heavy atom. The predicted octanol–water partition coefficient (Wildman–Crippen LogP) is 3.35. The van der Waals surface area contributed by atoms with Gasteiger partial charge >= 0.3 is 0 Å². The number of rotatable bonds is 6. The Morgan fingerprint density at radius 3 is 2.44 bits per heavy atom. The first-order valence-corrected chi connectivity index (χ1v) is 7.18. The van der Waals surface area contributed by atoms with Gasteiger partial charge in [0.25, 0.3) is 0 Å². The Morgan fingerprint density at radius 1 is 1.28 bits per heavy atom. The minimum atomic E-state index is 0.208. The molecule has 18 heavy (non-hydrogen) atoms. The molecule has 1 rings (SSSR count). The van der Waals surface area contributed by atoms with Gasteiger partial charge < -0.3 is 5.32 Å². The average molecular weight is 272 g/mol. The van der Waals surface area contributed by atoms with Crippen LogP contribution >= 0.6 is 11.6 Å². The summed E-state index contributed by atoms with van der Waals surface area (Å²) in [5.74, 6) is 0. The van der Waals surface area contributed by atoms with Gasteiger partial charge in [-0.15, -0.1) is 0 Å². The highest BCUT2D eigenvalue weighted by Gasteiger charge is 2.12. The summed E-state index contributed by atoms with van der Waals surface area (Å²) in [6, 6.07) is 0. The van der Waals surface area contributed by atoms with Crippen LogP contribution in [0.3, 0.4) is 0 Å². The molecule has 1 aromatic rings. The van der Waals surface area contributed by atoms with Crippen LogP contribution < -0.4 is 5.32 Å². The minimum absolute atomic E-state index is 0.208. The van der Waals surface area contributed by atoms with Crippen molar-refractivity contribution in [3.05, 3.63) is 16.4 Å². The first-order valence-electron chi connectivity index (χ1n) is 6.80. The maximum absolute atomic E-state index is 6.32. The van der Waals surface area contributed by atoms with Gasteiger partial charge in [-0.05, 0) is 53.0 Å². The molecule has 0 radical (unpaired) electrons. The summed E-state index contributed by atoms with van der Waals surface area (Å²) >= 11 is 6.32. The number of unbranched alkanes of at least 4 members (excludes halogenated alkanes) is 1. The number of hydrogen-bond donors (Lipinski definition) is 1. The van der Waals surface area contributed by atoms with E-state index in [-0.39, 0.29) is 5.54 Å². The van der Waals surface area contributed by atoms with Crippen LogP contribution in [0.15, 0.2) is 0 Å². The van der Waals surface area contributed by atoms with E-state index in [1.807, 2.05) is 11.7 Å². The van der Waals surface area contributed by atoms with E-state index in [1.165, 1.54) is 12.1 Å². The molecule has 0 unspecified atom stereocenters. The summed E-state index contributed by atoms with van der Waals surface area (Å²) < 4.78 is 1.93. The molecular weight excluding hydrogens is 246 g/mol. The number of halogens is 1. The lowest BCUT2D eigenvalue weighted by Gasteiger charge is -2.20. The number of aromatic nitrogens is 2. The molecule has 0 bridgehead atoms. The summed E-state index contributed by atoms with van der Waals surface area (Å²) in [5, 5.41) is 8.80. The van der Waals surface area contributed by atoms with Crippen LogP contribution in [0.1, 0.15) is 51.9 Å². The molecule has 0 atom stereocenters. The van der Waals surface area contributed by atoms with Gasteiger partial charge in [0.05, 0.1) is 16.4 Å². The van der Waals surface area contributed by atoms with E-state index in [2.05, 4.69) is 38.1 Å². The molecule has 1 N–H and O–H groups in total. The highest BCUT2D eigenvalue weighted by Crippen LogP contribution is 2.22. The van der Waals surface area contributed by atoms with Gasteiger partial charge in [0.1, 0.15) is 0 Å². The second kappa shape index (κ2) is 6.58. The number of hydrogen-bond acceptors (Lipinski definition) is 2. The molecule has 0 aliphatic heterocycles. The minimum Gasteiger partial charge on any atom is -0.312 e. The van der Waals surface area contributed by atoms with Crippen molar-refractivity contribution < 1.29 is 0 Å². The van der Waals surface area contributed by atoms with Crippen molar-refractivity contribution in [1.29, 1.82) is 0 Å². The van der Waals surface area contributed by atoms with Crippen LogP contribution in [0.4, 0.5) is 0 Å². The molecule has 0 amide bonds. The summed E-state index contributed by atoms with van der Waals surface area (Å²) in [5.41, 5.74) is 2.39. The molecule has 0 saturated heterocycles. The first kappa shape index (κ1) is 15.5. The zero-order chi connectivity index (χ0) is 13.8. The first-order chi connectivity index (χ1) is 8.35. The van der Waals surface area contributed by atoms with E-state index < -0.39 is 0 Å². The van der Waals surface area contributed by atoms with Gasteiger partial charge in [-0.3, -0.25) is 4.68 Å². The highest BCUT2D eigenvalue weighted by molar-refractivity contribution is 6.31. The molecule has 104 valence electrons. The largest absolute Gasteiger partial charge is 0.312 e. The van der Waals surface area contributed by atoms with Gasteiger partial charge in [-0.25, -0.2) is 0 Å². The fraction of sp³-hybridized carbons (Fsp3) is 0.786. The van der Waals surface area contributed by atoms with Crippen molar-refractivity contribution in [2.75, 3.05) is 6.54 Å². The summed E-state index contributed by atoms with van der Waals surface area (Å²) in [6.07, 6.45) is 4.22. The molecule has 0 saturated carbocycles. The maximum atomic E-state index is 6.32. The Balaban J connectivity index is 2.38. The molecule has 0 aliphatic rings. The standard InChI is InChI=1S/C14H26ClN3/c1-6-11-13(15)12(18(5)17-11)9-7-8-10-16-14(2,3)4/h16H,6-10H2,1-5H3. The third-order valence-corrected chi connectivity index (χ3v) is 3.43. The van der Waals surface area contributed by atoms with Crippen LogP contribution in [0, 0.1) is 0 Å². The van der Waals surface area contributed by atoms with Crippen molar-refractivity contribution in [3.8, 4) is 0 Å². The fourth-order valence-electron chi connectivity index (χ4n) is 1.97. The fourth-order valence-corrected chi connectivity index (χ4v) is 2.36. The second-order valence-corrected chi connectivity index (χ2v) is 6.20. The quantitative estimate of drug-likeness (QED) is 0.804. The van der Waals surface area contributed by atoms with Crippen LogP contribution in [0.2, 0.25) is 5.02 Å². The molecule has 4 heteroatoms. The van der Waals surface area contributed by atoms with Crippen molar-refractivity contribution in [2.24, 2.45) is 7.05 Å². The molecular formula is C14H26ClN3. The molecule has 0 aliphatic carbocycles. The molecule has 0 fully saturated rings. The molecule has 1 aromatic heterocycles. The van der Waals surface area contributed by atoms with Crippen molar-refractivity contribution in [3.63, 3.8) is 0 Å². The summed E-state index contributed by atoms with van der Waals surface area (Å²) in [6.45, 7) is 9.72. The van der Waals surface area contributed by atoms with Gasteiger partial charge in [-0.1, -0.05) is 18.5 Å². The molecule has 0 spiro atoms. The second-order valence-electron chi connectivity index (χ2n) is 5.82. The lowest BCUT2D eigenvalue weighted by molar-refractivity contribution is 0.418. The van der Waals surface area contributed by atoms with Gasteiger partial charge in [-0.2, -0.15) is 5.10 Å². The van der Waals surface area contributed by atoms with Crippen LogP contribution in [-0.2, 0) is 19.9 Å². The number of nitrogens with one attached hydrogen (secondary N) is 1. The van der Waals surface area contributed by atoms with Crippen LogP contribution in [-0.4, -0.2) is 21.9 Å². The Kier molecular flexibility index (Phi) is 5.67. The van der Waals surface area contributed by atoms with Gasteiger partial charge in [0, 0.05) is 12.6 Å². The van der Waals surface area contributed by atoms with E-state index in [0.717, 1.165) is 36.5 Å². The summed E-state index contributed by atoms with van der Waals surface area (Å²) in [7, 11) is 1.98. The van der Waals surface area contributed by atoms with Crippen molar-refractivity contribution in [1.82, 2.24) is 15.1 Å². The van der Waals surface area contributed by atoms with Gasteiger partial charge in [0.15, 0.2) is 0 Å². The molecule has 3 nitrogen and oxygen atoms in total. The Hall–Kier alpha value is -0.540. The third-order valence-electron chi connectivity index (χ3n) is 3.00. The Bertz CT molecular complexity index is 377. The predicted molar refractivity (Wildman–Crippen MR) is 78.3 cm³/mol. The van der Waals surface area contributed by atoms with Crippen LogP contribution in [0.5, 0.6) is 0 Å². The third kappa shape index (κ3) is 4.62. The van der Waals surface area contributed by atoms with E-state index in [9.17, 15) is 0 Å². The summed E-state index contributed by atoms with van der Waals surface area (Å²) in [4.78, 5) is 0. The zero-order valence-electron chi connectivity index (χ0n) is 12.3. The van der Waals surface area contributed by atoms with Crippen molar-refractivity contribution in [2.45, 2.75) is 58.9 Å². The van der Waals surface area contributed by atoms with E-state index in [0.29, 0.717) is 0 Å². The lowest BCUT2D eigenvalue weighted by Crippen LogP contribution is -2.36. The number of aryl methyl sites for hydroxylation is 2. The lowest BCUT2D eigenvalue weighted by atomic mass is 10.1. The van der Waals surface area contributed by atoms with Gasteiger partial charge in [0.2, 0.25) is 0 Å². The normalized spacial score (nSPS) is 12.1. The Labute approximate surface area is 116 Å². The van der Waals surface area contributed by atoms with E-state index >= 15 is 0 Å². The molecule has 1 heterocycles. The van der Waals surface area contributed by atoms with Crippen LogP contribution in [0.25, 0.3) is 0 Å². The monoisotopic (exact) mass is 271 g/mol. The van der Waals surface area contributed by atoms with E-state index in [1.54, 1.807) is 0 Å². The van der Waals surface area contributed by atoms with E-state index in [4.69, 9.17) is 11.6 Å². The molecule has 0 aromatic carbocycles. The highest BCUT2D eigenvalue weighted by atomic mass is 35.5. The topological polar surface area (TPSA) is 29.9 Å².